The first-order chi connectivity index (χ1) is 11.5. The molecule has 1 aliphatic rings. The van der Waals surface area contributed by atoms with Crippen LogP contribution < -0.4 is 5.32 Å². The molecular formula is C17H19F2N3O2. The Morgan fingerprint density at radius 1 is 1.33 bits per heavy atom. The Hall–Kier alpha value is -2.28. The third-order valence-corrected chi connectivity index (χ3v) is 4.18. The van der Waals surface area contributed by atoms with Crippen LogP contribution in [0.25, 0.3) is 11.5 Å². The van der Waals surface area contributed by atoms with Crippen molar-refractivity contribution in [3.05, 3.63) is 41.3 Å². The van der Waals surface area contributed by atoms with Gasteiger partial charge in [-0.05, 0) is 25.5 Å². The number of aryl methyl sites for hydroxylation is 1. The van der Waals surface area contributed by atoms with E-state index in [9.17, 15) is 13.6 Å². The first-order valence-corrected chi connectivity index (χ1v) is 7.92. The summed E-state index contributed by atoms with van der Waals surface area (Å²) in [7, 11) is 0. The Bertz CT molecular complexity index is 740. The minimum atomic E-state index is -0.679. The van der Waals surface area contributed by atoms with Crippen LogP contribution in [0.1, 0.15) is 24.8 Å². The molecule has 1 aromatic heterocycles. The quantitative estimate of drug-likeness (QED) is 0.933. The van der Waals surface area contributed by atoms with Crippen molar-refractivity contribution >= 4 is 5.91 Å². The van der Waals surface area contributed by atoms with Gasteiger partial charge >= 0.3 is 0 Å². The monoisotopic (exact) mass is 335 g/mol. The summed E-state index contributed by atoms with van der Waals surface area (Å²) in [6.45, 7) is 5.49. The highest BCUT2D eigenvalue weighted by molar-refractivity contribution is 5.82. The Balaban J connectivity index is 1.85. The van der Waals surface area contributed by atoms with Crippen molar-refractivity contribution in [1.82, 2.24) is 15.2 Å². The zero-order chi connectivity index (χ0) is 17.3. The van der Waals surface area contributed by atoms with Crippen molar-refractivity contribution in [2.24, 2.45) is 0 Å². The zero-order valence-corrected chi connectivity index (χ0v) is 13.6. The van der Waals surface area contributed by atoms with Crippen LogP contribution in [0.3, 0.4) is 0 Å². The Morgan fingerprint density at radius 3 is 2.71 bits per heavy atom. The van der Waals surface area contributed by atoms with Gasteiger partial charge in [0.25, 0.3) is 0 Å². The number of rotatable bonds is 4. The van der Waals surface area contributed by atoms with Gasteiger partial charge in [-0.2, -0.15) is 0 Å². The number of hydrogen-bond donors (Lipinski definition) is 1. The Morgan fingerprint density at radius 2 is 2.04 bits per heavy atom. The van der Waals surface area contributed by atoms with Gasteiger partial charge in [-0.1, -0.05) is 6.92 Å². The molecule has 5 nitrogen and oxygen atoms in total. The standard InChI is InChI=1S/C17H19F2N3O2/c1-3-15-16(23)20-4-5-22(15)9-14-10(2)24-17(21-14)11-6-12(18)8-13(19)7-11/h6-8,15H,3-5,9H2,1-2H3,(H,20,23). The second-order valence-electron chi connectivity index (χ2n) is 5.87. The molecule has 2 heterocycles. The number of carbonyl (C=O) groups is 1. The second kappa shape index (κ2) is 6.68. The van der Waals surface area contributed by atoms with Crippen molar-refractivity contribution in [3.8, 4) is 11.5 Å². The minimum Gasteiger partial charge on any atom is -0.441 e. The van der Waals surface area contributed by atoms with Gasteiger partial charge in [0.1, 0.15) is 17.4 Å². The molecule has 1 unspecified atom stereocenters. The summed E-state index contributed by atoms with van der Waals surface area (Å²) < 4.78 is 32.3. The first kappa shape index (κ1) is 16.6. The van der Waals surface area contributed by atoms with Crippen LogP contribution in [0, 0.1) is 18.6 Å². The molecule has 128 valence electrons. The van der Waals surface area contributed by atoms with Gasteiger partial charge in [0, 0.05) is 31.3 Å². The van der Waals surface area contributed by atoms with Crippen LogP contribution in [-0.4, -0.2) is 34.9 Å². The summed E-state index contributed by atoms with van der Waals surface area (Å²) in [5.41, 5.74) is 0.924. The van der Waals surface area contributed by atoms with E-state index >= 15 is 0 Å². The van der Waals surface area contributed by atoms with Crippen LogP contribution in [0.5, 0.6) is 0 Å². The number of halogens is 2. The summed E-state index contributed by atoms with van der Waals surface area (Å²) in [6.07, 6.45) is 0.699. The summed E-state index contributed by atoms with van der Waals surface area (Å²) in [5.74, 6) is -0.592. The lowest BCUT2D eigenvalue weighted by Crippen LogP contribution is -2.54. The average molecular weight is 335 g/mol. The average Bonchev–Trinajstić information content (AvgIpc) is 2.88. The van der Waals surface area contributed by atoms with Crippen LogP contribution >= 0.6 is 0 Å². The van der Waals surface area contributed by atoms with Gasteiger partial charge in [0.2, 0.25) is 11.8 Å². The maximum atomic E-state index is 13.4. The lowest BCUT2D eigenvalue weighted by molar-refractivity contribution is -0.129. The normalized spacial score (nSPS) is 18.7. The highest BCUT2D eigenvalue weighted by Crippen LogP contribution is 2.25. The summed E-state index contributed by atoms with van der Waals surface area (Å²) in [6, 6.07) is 2.96. The van der Waals surface area contributed by atoms with E-state index in [-0.39, 0.29) is 23.4 Å². The summed E-state index contributed by atoms with van der Waals surface area (Å²) >= 11 is 0. The van der Waals surface area contributed by atoms with E-state index in [1.54, 1.807) is 6.92 Å². The molecule has 7 heteroatoms. The molecule has 1 saturated heterocycles. The Kier molecular flexibility index (Phi) is 4.62. The van der Waals surface area contributed by atoms with E-state index in [0.29, 0.717) is 31.0 Å². The molecule has 0 aliphatic carbocycles. The molecule has 0 radical (unpaired) electrons. The third-order valence-electron chi connectivity index (χ3n) is 4.18. The van der Waals surface area contributed by atoms with E-state index in [4.69, 9.17) is 4.42 Å². The number of carbonyl (C=O) groups excluding carboxylic acids is 1. The molecule has 1 aromatic carbocycles. The van der Waals surface area contributed by atoms with E-state index in [2.05, 4.69) is 10.3 Å². The van der Waals surface area contributed by atoms with E-state index < -0.39 is 11.6 Å². The van der Waals surface area contributed by atoms with E-state index in [0.717, 1.165) is 12.6 Å². The van der Waals surface area contributed by atoms with Crippen molar-refractivity contribution in [2.45, 2.75) is 32.9 Å². The van der Waals surface area contributed by atoms with Crippen molar-refractivity contribution in [2.75, 3.05) is 13.1 Å². The lowest BCUT2D eigenvalue weighted by Gasteiger charge is -2.33. The van der Waals surface area contributed by atoms with Crippen LogP contribution in [-0.2, 0) is 11.3 Å². The van der Waals surface area contributed by atoms with Gasteiger partial charge < -0.3 is 9.73 Å². The molecule has 3 rings (SSSR count). The number of benzene rings is 1. The molecule has 1 aliphatic heterocycles. The molecule has 0 bridgehead atoms. The van der Waals surface area contributed by atoms with Crippen molar-refractivity contribution < 1.29 is 18.0 Å². The Labute approximate surface area is 138 Å². The van der Waals surface area contributed by atoms with Gasteiger partial charge in [-0.25, -0.2) is 13.8 Å². The highest BCUT2D eigenvalue weighted by atomic mass is 19.1. The molecule has 1 N–H and O–H groups in total. The molecule has 1 fully saturated rings. The van der Waals surface area contributed by atoms with E-state index in [1.807, 2.05) is 11.8 Å². The maximum Gasteiger partial charge on any atom is 0.237 e. The zero-order valence-electron chi connectivity index (χ0n) is 13.6. The molecule has 1 amide bonds. The number of hydrogen-bond acceptors (Lipinski definition) is 4. The first-order valence-electron chi connectivity index (χ1n) is 7.92. The summed E-state index contributed by atoms with van der Waals surface area (Å²) in [5, 5.41) is 2.85. The summed E-state index contributed by atoms with van der Waals surface area (Å²) in [4.78, 5) is 18.4. The molecule has 1 atom stereocenters. The fourth-order valence-corrected chi connectivity index (χ4v) is 2.96. The second-order valence-corrected chi connectivity index (χ2v) is 5.87. The third kappa shape index (κ3) is 3.31. The van der Waals surface area contributed by atoms with Gasteiger partial charge in [-0.15, -0.1) is 0 Å². The fraction of sp³-hybridized carbons (Fsp3) is 0.412. The predicted octanol–water partition coefficient (Wildman–Crippen LogP) is 2.64. The largest absolute Gasteiger partial charge is 0.441 e. The maximum absolute atomic E-state index is 13.4. The number of amides is 1. The number of piperazine rings is 1. The van der Waals surface area contributed by atoms with Crippen molar-refractivity contribution in [1.29, 1.82) is 0 Å². The number of aromatic nitrogens is 1. The van der Waals surface area contributed by atoms with Crippen LogP contribution in [0.2, 0.25) is 0 Å². The number of oxazole rings is 1. The van der Waals surface area contributed by atoms with Crippen LogP contribution in [0.4, 0.5) is 8.78 Å². The lowest BCUT2D eigenvalue weighted by atomic mass is 10.1. The predicted molar refractivity (Wildman–Crippen MR) is 84.1 cm³/mol. The minimum absolute atomic E-state index is 0.0114. The molecular weight excluding hydrogens is 316 g/mol. The van der Waals surface area contributed by atoms with Gasteiger partial charge in [0.15, 0.2) is 0 Å². The van der Waals surface area contributed by atoms with Gasteiger partial charge in [0.05, 0.1) is 11.7 Å². The number of nitrogens with one attached hydrogen (secondary N) is 1. The SMILES string of the molecule is CCC1C(=O)NCCN1Cc1nc(-c2cc(F)cc(F)c2)oc1C. The van der Waals surface area contributed by atoms with Crippen LogP contribution in [0.15, 0.2) is 22.6 Å². The molecule has 0 spiro atoms. The number of nitrogens with zero attached hydrogens (tertiary/aromatic N) is 2. The fourth-order valence-electron chi connectivity index (χ4n) is 2.96. The molecule has 0 saturated carbocycles. The smallest absolute Gasteiger partial charge is 0.237 e. The van der Waals surface area contributed by atoms with Crippen molar-refractivity contribution in [3.63, 3.8) is 0 Å². The molecule has 24 heavy (non-hydrogen) atoms. The van der Waals surface area contributed by atoms with Gasteiger partial charge in [-0.3, -0.25) is 9.69 Å². The van der Waals surface area contributed by atoms with E-state index in [1.165, 1.54) is 12.1 Å². The topological polar surface area (TPSA) is 58.4 Å². The highest BCUT2D eigenvalue weighted by Gasteiger charge is 2.29. The molecule has 2 aromatic rings.